The molecule has 2 aromatic heterocycles. The largest absolute Gasteiger partial charge is 0.497 e. The van der Waals surface area contributed by atoms with Gasteiger partial charge < -0.3 is 15.3 Å². The Labute approximate surface area is 133 Å². The van der Waals surface area contributed by atoms with Gasteiger partial charge in [0, 0.05) is 30.1 Å². The Kier molecular flexibility index (Phi) is 4.09. The van der Waals surface area contributed by atoms with E-state index in [1.807, 2.05) is 35.9 Å². The van der Waals surface area contributed by atoms with E-state index in [1.54, 1.807) is 19.5 Å². The highest BCUT2D eigenvalue weighted by molar-refractivity contribution is 6.01. The van der Waals surface area contributed by atoms with E-state index in [0.29, 0.717) is 5.56 Å². The van der Waals surface area contributed by atoms with E-state index >= 15 is 0 Å². The van der Waals surface area contributed by atoms with Gasteiger partial charge in [0.15, 0.2) is 5.65 Å². The van der Waals surface area contributed by atoms with Crippen molar-refractivity contribution in [2.24, 2.45) is 5.16 Å². The molecule has 0 aliphatic carbocycles. The number of hydrogen-bond donors (Lipinski definition) is 2. The van der Waals surface area contributed by atoms with E-state index in [-0.39, 0.29) is 0 Å². The second kappa shape index (κ2) is 6.35. The number of aromatic nitrogens is 3. The second-order valence-electron chi connectivity index (χ2n) is 4.89. The summed E-state index contributed by atoms with van der Waals surface area (Å²) in [4.78, 5) is 4.40. The van der Waals surface area contributed by atoms with E-state index in [2.05, 4.69) is 20.6 Å². The van der Waals surface area contributed by atoms with Gasteiger partial charge >= 0.3 is 0 Å². The Morgan fingerprint density at radius 3 is 3.00 bits per heavy atom. The van der Waals surface area contributed by atoms with Crippen LogP contribution in [0, 0.1) is 0 Å². The highest BCUT2D eigenvalue weighted by Gasteiger charge is 2.12. The number of ether oxygens (including phenoxy) is 1. The van der Waals surface area contributed by atoms with Crippen LogP contribution in [-0.2, 0) is 6.54 Å². The fourth-order valence-electron chi connectivity index (χ4n) is 2.42. The minimum atomic E-state index is 0.665. The molecule has 23 heavy (non-hydrogen) atoms. The van der Waals surface area contributed by atoms with Crippen molar-refractivity contribution in [2.45, 2.75) is 13.5 Å². The van der Waals surface area contributed by atoms with Crippen molar-refractivity contribution >= 4 is 28.6 Å². The molecule has 0 amide bonds. The van der Waals surface area contributed by atoms with Crippen LogP contribution in [-0.4, -0.2) is 33.3 Å². The number of hydrogen-bond acceptors (Lipinski definition) is 6. The molecule has 118 valence electrons. The lowest BCUT2D eigenvalue weighted by Crippen LogP contribution is -2.01. The molecular formula is C16H17N5O2. The lowest BCUT2D eigenvalue weighted by atomic mass is 10.2. The molecule has 0 radical (unpaired) electrons. The smallest absolute Gasteiger partial charge is 0.159 e. The van der Waals surface area contributed by atoms with Gasteiger partial charge in [-0.2, -0.15) is 5.10 Å². The highest BCUT2D eigenvalue weighted by atomic mass is 16.5. The summed E-state index contributed by atoms with van der Waals surface area (Å²) in [5.41, 5.74) is 3.07. The molecule has 0 atom stereocenters. The molecule has 0 spiro atoms. The fourth-order valence-corrected chi connectivity index (χ4v) is 2.42. The average molecular weight is 311 g/mol. The SMILES string of the molecule is CCn1ncc2c(Nc3cccc(OC)c3)c(/C=N/O)cnc21. The summed E-state index contributed by atoms with van der Waals surface area (Å²) in [7, 11) is 1.62. The Bertz CT molecular complexity index is 857. The number of aryl methyl sites for hydroxylation is 1. The fraction of sp³-hybridized carbons (Fsp3) is 0.188. The summed E-state index contributed by atoms with van der Waals surface area (Å²) in [5, 5.41) is 20.5. The monoisotopic (exact) mass is 311 g/mol. The maximum Gasteiger partial charge on any atom is 0.159 e. The van der Waals surface area contributed by atoms with Gasteiger partial charge in [-0.15, -0.1) is 0 Å². The normalized spacial score (nSPS) is 11.2. The number of benzene rings is 1. The van der Waals surface area contributed by atoms with Crippen LogP contribution in [0.5, 0.6) is 5.75 Å². The van der Waals surface area contributed by atoms with Gasteiger partial charge in [-0.05, 0) is 19.1 Å². The van der Waals surface area contributed by atoms with Crippen molar-refractivity contribution in [2.75, 3.05) is 12.4 Å². The molecule has 2 heterocycles. The van der Waals surface area contributed by atoms with E-state index in [0.717, 1.165) is 34.7 Å². The zero-order chi connectivity index (χ0) is 16.2. The molecule has 0 saturated heterocycles. The number of anilines is 2. The van der Waals surface area contributed by atoms with Crippen LogP contribution in [0.15, 0.2) is 41.8 Å². The van der Waals surface area contributed by atoms with Crippen LogP contribution >= 0.6 is 0 Å². The first-order valence-corrected chi connectivity index (χ1v) is 7.19. The quantitative estimate of drug-likeness (QED) is 0.430. The molecule has 7 nitrogen and oxygen atoms in total. The number of nitrogens with zero attached hydrogens (tertiary/aromatic N) is 4. The number of nitrogens with one attached hydrogen (secondary N) is 1. The van der Waals surface area contributed by atoms with E-state index in [4.69, 9.17) is 9.94 Å². The third kappa shape index (κ3) is 2.80. The maximum atomic E-state index is 8.89. The predicted molar refractivity (Wildman–Crippen MR) is 88.9 cm³/mol. The average Bonchev–Trinajstić information content (AvgIpc) is 3.00. The first-order chi connectivity index (χ1) is 11.3. The summed E-state index contributed by atoms with van der Waals surface area (Å²) < 4.78 is 7.06. The van der Waals surface area contributed by atoms with Crippen molar-refractivity contribution in [1.82, 2.24) is 14.8 Å². The number of pyridine rings is 1. The molecule has 7 heteroatoms. The molecular weight excluding hydrogens is 294 g/mol. The van der Waals surface area contributed by atoms with Crippen LogP contribution in [0.1, 0.15) is 12.5 Å². The molecule has 0 bridgehead atoms. The molecule has 0 unspecified atom stereocenters. The van der Waals surface area contributed by atoms with Crippen LogP contribution in [0.25, 0.3) is 11.0 Å². The molecule has 1 aromatic carbocycles. The van der Waals surface area contributed by atoms with Gasteiger partial charge in [0.05, 0.1) is 30.6 Å². The third-order valence-electron chi connectivity index (χ3n) is 3.53. The summed E-state index contributed by atoms with van der Waals surface area (Å²) in [5.74, 6) is 0.752. The molecule has 0 aliphatic heterocycles. The predicted octanol–water partition coefficient (Wildman–Crippen LogP) is 3.01. The van der Waals surface area contributed by atoms with Crippen molar-refractivity contribution in [3.05, 3.63) is 42.2 Å². The highest BCUT2D eigenvalue weighted by Crippen LogP contribution is 2.29. The summed E-state index contributed by atoms with van der Waals surface area (Å²) in [6.07, 6.45) is 4.75. The van der Waals surface area contributed by atoms with E-state index in [1.165, 1.54) is 6.21 Å². The van der Waals surface area contributed by atoms with Gasteiger partial charge in [-0.25, -0.2) is 9.67 Å². The molecule has 3 aromatic rings. The number of rotatable bonds is 5. The summed E-state index contributed by atoms with van der Waals surface area (Å²) in [6, 6.07) is 7.59. The second-order valence-corrected chi connectivity index (χ2v) is 4.89. The standard InChI is InChI=1S/C16H17N5O2/c1-3-21-16-14(10-18-21)15(11(8-17-16)9-19-22)20-12-5-4-6-13(7-12)23-2/h4-10,22H,3H2,1-2H3,(H,17,20)/b19-9+. The topological polar surface area (TPSA) is 84.6 Å². The van der Waals surface area contributed by atoms with Crippen molar-refractivity contribution in [3.63, 3.8) is 0 Å². The van der Waals surface area contributed by atoms with Crippen LogP contribution in [0.2, 0.25) is 0 Å². The zero-order valence-electron chi connectivity index (χ0n) is 12.9. The minimum absolute atomic E-state index is 0.665. The van der Waals surface area contributed by atoms with Gasteiger partial charge in [-0.1, -0.05) is 11.2 Å². The Hall–Kier alpha value is -3.09. The number of fused-ring (bicyclic) bond motifs is 1. The van der Waals surface area contributed by atoms with Gasteiger partial charge in [0.2, 0.25) is 0 Å². The Morgan fingerprint density at radius 2 is 2.26 bits per heavy atom. The lowest BCUT2D eigenvalue weighted by molar-refractivity contribution is 0.322. The molecule has 3 rings (SSSR count). The van der Waals surface area contributed by atoms with Crippen LogP contribution in [0.4, 0.5) is 11.4 Å². The van der Waals surface area contributed by atoms with Crippen molar-refractivity contribution in [3.8, 4) is 5.75 Å². The van der Waals surface area contributed by atoms with Crippen molar-refractivity contribution in [1.29, 1.82) is 0 Å². The van der Waals surface area contributed by atoms with E-state index in [9.17, 15) is 0 Å². The first kappa shape index (κ1) is 14.8. The van der Waals surface area contributed by atoms with Gasteiger partial charge in [-0.3, -0.25) is 0 Å². The van der Waals surface area contributed by atoms with Crippen molar-refractivity contribution < 1.29 is 9.94 Å². The Balaban J connectivity index is 2.12. The number of methoxy groups -OCH3 is 1. The summed E-state index contributed by atoms with van der Waals surface area (Å²) >= 11 is 0. The number of oxime groups is 1. The Morgan fingerprint density at radius 1 is 1.39 bits per heavy atom. The van der Waals surface area contributed by atoms with Gasteiger partial charge in [0.1, 0.15) is 5.75 Å². The van der Waals surface area contributed by atoms with Gasteiger partial charge in [0.25, 0.3) is 0 Å². The minimum Gasteiger partial charge on any atom is -0.497 e. The third-order valence-corrected chi connectivity index (χ3v) is 3.53. The molecule has 0 aliphatic rings. The summed E-state index contributed by atoms with van der Waals surface area (Å²) in [6.45, 7) is 2.73. The molecule has 0 fully saturated rings. The van der Waals surface area contributed by atoms with Crippen LogP contribution < -0.4 is 10.1 Å². The van der Waals surface area contributed by atoms with Crippen LogP contribution in [0.3, 0.4) is 0 Å². The lowest BCUT2D eigenvalue weighted by Gasteiger charge is -2.11. The van der Waals surface area contributed by atoms with E-state index < -0.39 is 0 Å². The molecule has 2 N–H and O–H groups in total. The zero-order valence-corrected chi connectivity index (χ0v) is 12.9. The first-order valence-electron chi connectivity index (χ1n) is 7.19. The maximum absolute atomic E-state index is 8.89. The molecule has 0 saturated carbocycles.